The first-order valence-electron chi connectivity index (χ1n) is 15.7. The van der Waals surface area contributed by atoms with Gasteiger partial charge in [0.2, 0.25) is 0 Å². The number of carbonyl (C=O) groups is 3. The fraction of sp³-hybridized carbons (Fsp3) is 0.417. The topological polar surface area (TPSA) is 104 Å². The van der Waals surface area contributed by atoms with E-state index in [1.165, 1.54) is 18.2 Å². The van der Waals surface area contributed by atoms with E-state index in [1.807, 2.05) is 24.3 Å². The van der Waals surface area contributed by atoms with E-state index in [-0.39, 0.29) is 34.2 Å². The Labute approximate surface area is 275 Å². The largest absolute Gasteiger partial charge is 0.507 e. The average molecular weight is 655 g/mol. The van der Waals surface area contributed by atoms with Crippen molar-refractivity contribution < 1.29 is 29.3 Å². The summed E-state index contributed by atoms with van der Waals surface area (Å²) in [6.45, 7) is 3.53. The molecular weight excluding hydrogens is 613 g/mol. The van der Waals surface area contributed by atoms with Crippen molar-refractivity contribution in [2.45, 2.75) is 70.8 Å². The van der Waals surface area contributed by atoms with Gasteiger partial charge in [0.15, 0.2) is 11.6 Å². The van der Waals surface area contributed by atoms with Gasteiger partial charge >= 0.3 is 5.97 Å². The van der Waals surface area contributed by atoms with Gasteiger partial charge in [-0.2, -0.15) is 0 Å². The van der Waals surface area contributed by atoms with Crippen LogP contribution in [0.1, 0.15) is 107 Å². The summed E-state index contributed by atoms with van der Waals surface area (Å²) in [5.74, 6) is -1.37. The quantitative estimate of drug-likeness (QED) is 0.0513. The summed E-state index contributed by atoms with van der Waals surface area (Å²) >= 11 is 11.9. The van der Waals surface area contributed by atoms with Gasteiger partial charge in [-0.15, -0.1) is 23.2 Å². The number of anilines is 1. The number of phenols is 2. The number of benzene rings is 3. The van der Waals surface area contributed by atoms with Crippen LogP contribution in [0.3, 0.4) is 0 Å². The second kappa shape index (κ2) is 16.7. The minimum absolute atomic E-state index is 0.129. The fourth-order valence-electron chi connectivity index (χ4n) is 5.84. The van der Waals surface area contributed by atoms with Gasteiger partial charge in [-0.1, -0.05) is 69.0 Å². The molecule has 0 saturated carbocycles. The van der Waals surface area contributed by atoms with Crippen molar-refractivity contribution in [1.29, 1.82) is 0 Å². The highest BCUT2D eigenvalue weighted by Gasteiger charge is 2.37. The van der Waals surface area contributed by atoms with Crippen molar-refractivity contribution in [3.05, 3.63) is 88.0 Å². The lowest BCUT2D eigenvalue weighted by Gasteiger charge is -2.25. The van der Waals surface area contributed by atoms with Gasteiger partial charge in [-0.05, 0) is 49.4 Å². The van der Waals surface area contributed by atoms with Crippen LogP contribution < -0.4 is 4.90 Å². The smallest absolute Gasteiger partial charge is 0.306 e. The number of ether oxygens (including phenoxy) is 1. The third kappa shape index (κ3) is 8.39. The lowest BCUT2D eigenvalue weighted by atomic mass is 9.81. The van der Waals surface area contributed by atoms with Crippen molar-refractivity contribution in [2.24, 2.45) is 0 Å². The van der Waals surface area contributed by atoms with Gasteiger partial charge in [0, 0.05) is 53.6 Å². The van der Waals surface area contributed by atoms with Gasteiger partial charge in [-0.3, -0.25) is 14.4 Å². The van der Waals surface area contributed by atoms with Crippen LogP contribution in [-0.4, -0.2) is 52.6 Å². The molecule has 0 aliphatic heterocycles. The number of esters is 1. The number of ketones is 2. The number of alkyl halides is 2. The summed E-state index contributed by atoms with van der Waals surface area (Å²) < 4.78 is 5.91. The fourth-order valence-corrected chi connectivity index (χ4v) is 6.24. The van der Waals surface area contributed by atoms with Crippen molar-refractivity contribution in [2.75, 3.05) is 29.7 Å². The molecule has 4 rings (SSSR count). The minimum atomic E-state index is -0.885. The Kier molecular flexibility index (Phi) is 12.7. The predicted octanol–water partition coefficient (Wildman–Crippen LogP) is 8.12. The Morgan fingerprint density at radius 3 is 2.09 bits per heavy atom. The van der Waals surface area contributed by atoms with E-state index in [4.69, 9.17) is 27.9 Å². The summed E-state index contributed by atoms with van der Waals surface area (Å²) in [5.41, 5.74) is 2.11. The predicted molar refractivity (Wildman–Crippen MR) is 178 cm³/mol. The Morgan fingerprint density at radius 1 is 0.844 bits per heavy atom. The third-order valence-electron chi connectivity index (χ3n) is 8.23. The number of halogens is 2. The van der Waals surface area contributed by atoms with E-state index in [1.54, 1.807) is 12.1 Å². The number of phenolic OH excluding ortho intramolecular Hbond substituents is 2. The lowest BCUT2D eigenvalue weighted by Crippen LogP contribution is -2.27. The number of nitrogens with zero attached hydrogens (tertiary/aromatic N) is 1. The van der Waals surface area contributed by atoms with E-state index >= 15 is 0 Å². The van der Waals surface area contributed by atoms with Gasteiger partial charge in [0.1, 0.15) is 17.6 Å². The number of hydrogen-bond acceptors (Lipinski definition) is 7. The molecule has 240 valence electrons. The van der Waals surface area contributed by atoms with Crippen LogP contribution in [0.2, 0.25) is 0 Å². The summed E-state index contributed by atoms with van der Waals surface area (Å²) in [7, 11) is 0. The maximum absolute atomic E-state index is 13.4. The molecule has 45 heavy (non-hydrogen) atoms. The van der Waals surface area contributed by atoms with E-state index in [0.29, 0.717) is 44.1 Å². The summed E-state index contributed by atoms with van der Waals surface area (Å²) in [6.07, 6.45) is 5.73. The first-order valence-corrected chi connectivity index (χ1v) is 16.8. The number of unbranched alkanes of at least 4 members (excludes halogenated alkanes) is 4. The molecule has 1 unspecified atom stereocenters. The first kappa shape index (κ1) is 34.3. The van der Waals surface area contributed by atoms with E-state index in [0.717, 1.165) is 43.4 Å². The first-order chi connectivity index (χ1) is 21.8. The van der Waals surface area contributed by atoms with Crippen LogP contribution in [-0.2, 0) is 16.0 Å². The highest BCUT2D eigenvalue weighted by molar-refractivity contribution is 6.30. The van der Waals surface area contributed by atoms with Crippen LogP contribution in [0.5, 0.6) is 11.5 Å². The maximum Gasteiger partial charge on any atom is 0.306 e. The number of rotatable bonds is 17. The normalized spacial score (nSPS) is 12.9. The molecule has 1 atom stereocenters. The standard InChI is InChI=1S/C36H41Cl2NO6/c1-2-3-4-5-6-13-30(45-31(41)14-9-10-24-15-17-25(18-16-24)39(21-19-37)22-20-38)28-23-29(40)32-33(36(28)44)35(43)27-12-8-7-11-26(27)34(32)42/h7-8,11-12,15-18,23,30,40,44H,2-6,9-10,13-14,19-22H2,1H3. The molecule has 0 amide bonds. The average Bonchev–Trinajstić information content (AvgIpc) is 3.04. The Morgan fingerprint density at radius 2 is 1.47 bits per heavy atom. The molecule has 7 nitrogen and oxygen atoms in total. The number of carbonyl (C=O) groups excluding carboxylic acids is 3. The van der Waals surface area contributed by atoms with Crippen LogP contribution >= 0.6 is 23.2 Å². The highest BCUT2D eigenvalue weighted by Crippen LogP contribution is 2.43. The molecule has 0 aromatic heterocycles. The van der Waals surface area contributed by atoms with Gasteiger partial charge in [0.25, 0.3) is 0 Å². The van der Waals surface area contributed by atoms with Crippen LogP contribution in [0, 0.1) is 0 Å². The molecule has 9 heteroatoms. The second-order valence-electron chi connectivity index (χ2n) is 11.4. The summed E-state index contributed by atoms with van der Waals surface area (Å²) in [4.78, 5) is 41.8. The zero-order chi connectivity index (χ0) is 32.3. The molecular formula is C36H41Cl2NO6. The third-order valence-corrected chi connectivity index (χ3v) is 8.56. The molecule has 0 bridgehead atoms. The van der Waals surface area contributed by atoms with Gasteiger partial charge in [0.05, 0.1) is 11.1 Å². The molecule has 1 aliphatic rings. The molecule has 3 aromatic carbocycles. The summed E-state index contributed by atoms with van der Waals surface area (Å²) in [5, 5.41) is 22.3. The molecule has 3 aromatic rings. The van der Waals surface area contributed by atoms with E-state index in [9.17, 15) is 24.6 Å². The monoisotopic (exact) mass is 653 g/mol. The van der Waals surface area contributed by atoms with E-state index < -0.39 is 35.1 Å². The second-order valence-corrected chi connectivity index (χ2v) is 12.1. The molecule has 0 radical (unpaired) electrons. The lowest BCUT2D eigenvalue weighted by molar-refractivity contribution is -0.150. The number of hydrogen-bond donors (Lipinski definition) is 2. The molecule has 1 aliphatic carbocycles. The van der Waals surface area contributed by atoms with Crippen molar-refractivity contribution in [3.63, 3.8) is 0 Å². The van der Waals surface area contributed by atoms with Gasteiger partial charge in [-0.25, -0.2) is 0 Å². The summed E-state index contributed by atoms with van der Waals surface area (Å²) in [6, 6.07) is 15.7. The molecule has 0 spiro atoms. The molecule has 0 heterocycles. The zero-order valence-electron chi connectivity index (χ0n) is 25.7. The number of aryl methyl sites for hydroxylation is 1. The number of fused-ring (bicyclic) bond motifs is 2. The SMILES string of the molecule is CCCCCCCC(OC(=O)CCCc1ccc(N(CCCl)CCCl)cc1)c1cc(O)c2c(c1O)C(=O)c1ccccc1C2=O. The Hall–Kier alpha value is -3.55. The van der Waals surface area contributed by atoms with Crippen LogP contribution in [0.15, 0.2) is 54.6 Å². The Balaban J connectivity index is 1.48. The molecule has 0 fully saturated rings. The number of aromatic hydroxyl groups is 2. The highest BCUT2D eigenvalue weighted by atomic mass is 35.5. The van der Waals surface area contributed by atoms with Crippen LogP contribution in [0.4, 0.5) is 5.69 Å². The van der Waals surface area contributed by atoms with Crippen molar-refractivity contribution in [3.8, 4) is 11.5 Å². The maximum atomic E-state index is 13.4. The molecule has 2 N–H and O–H groups in total. The van der Waals surface area contributed by atoms with Gasteiger partial charge < -0.3 is 19.8 Å². The Bertz CT molecular complexity index is 1480. The zero-order valence-corrected chi connectivity index (χ0v) is 27.2. The molecule has 0 saturated heterocycles. The van der Waals surface area contributed by atoms with Crippen molar-refractivity contribution >= 4 is 46.4 Å². The van der Waals surface area contributed by atoms with Crippen LogP contribution in [0.25, 0.3) is 0 Å². The van der Waals surface area contributed by atoms with E-state index in [2.05, 4.69) is 11.8 Å². The van der Waals surface area contributed by atoms with Crippen molar-refractivity contribution in [1.82, 2.24) is 0 Å². The minimum Gasteiger partial charge on any atom is -0.507 e.